The van der Waals surface area contributed by atoms with Crippen LogP contribution in [0.2, 0.25) is 0 Å². The Bertz CT molecular complexity index is 599. The number of nitrogens with one attached hydrogen (secondary N) is 12. The molecule has 0 aliphatic heterocycles. The third kappa shape index (κ3) is 104. The van der Waals surface area contributed by atoms with Crippen molar-refractivity contribution in [1.29, 1.82) is 0 Å². The molecule has 339 valence electrons. The summed E-state index contributed by atoms with van der Waals surface area (Å²) >= 11 is 0. The van der Waals surface area contributed by atoms with Gasteiger partial charge in [0.05, 0.1) is 0 Å². The summed E-state index contributed by atoms with van der Waals surface area (Å²) in [6, 6.07) is 0. The van der Waals surface area contributed by atoms with Crippen molar-refractivity contribution >= 4 is 59.1 Å². The van der Waals surface area contributed by atoms with E-state index < -0.39 is 18.6 Å². The van der Waals surface area contributed by atoms with Crippen molar-refractivity contribution < 1.29 is 98.1 Å². The van der Waals surface area contributed by atoms with Crippen molar-refractivity contribution in [3.63, 3.8) is 0 Å². The Morgan fingerprint density at radius 1 is 0.263 bits per heavy atom. The quantitative estimate of drug-likeness (QED) is 0.0363. The molecule has 0 bridgehead atoms. The number of hydrazine groups is 12. The summed E-state index contributed by atoms with van der Waals surface area (Å²) in [5.41, 5.74) is 0. The molecule has 0 saturated carbocycles. The molecule has 0 rings (SSSR count). The Morgan fingerprint density at radius 2 is 0.386 bits per heavy atom. The third-order valence-electron chi connectivity index (χ3n) is 3.94. The van der Waals surface area contributed by atoms with Gasteiger partial charge in [0.25, 0.3) is 0 Å². The van der Waals surface area contributed by atoms with E-state index in [2.05, 4.69) is 61.1 Å². The Hall–Kier alpha value is 3.65. The second-order valence-electron chi connectivity index (χ2n) is 13.3. The van der Waals surface area contributed by atoms with Gasteiger partial charge in [-0.1, -0.05) is 0 Å². The molecular formula is C24H90N24Si6Y3. The van der Waals surface area contributed by atoms with E-state index in [0.29, 0.717) is 0 Å². The van der Waals surface area contributed by atoms with Crippen LogP contribution in [0.4, 0.5) is 0 Å². The summed E-state index contributed by atoms with van der Waals surface area (Å²) in [6.45, 7) is 0. The van der Waals surface area contributed by atoms with Crippen molar-refractivity contribution in [2.24, 2.45) is 0 Å². The largest absolute Gasteiger partial charge is 0.363 e. The summed E-state index contributed by atoms with van der Waals surface area (Å²) < 4.78 is 0. The molecule has 0 unspecified atom stereocenters. The van der Waals surface area contributed by atoms with Crippen LogP contribution >= 0.6 is 0 Å². The van der Waals surface area contributed by atoms with Gasteiger partial charge >= 0.3 is 18.6 Å². The maximum Gasteiger partial charge on any atom is 0.363 e. The van der Waals surface area contributed by atoms with Crippen molar-refractivity contribution in [3.8, 4) is 0 Å². The third-order valence-corrected chi connectivity index (χ3v) is 11.8. The van der Waals surface area contributed by atoms with Crippen LogP contribution in [0.15, 0.2) is 0 Å². The summed E-state index contributed by atoms with van der Waals surface area (Å²) in [6.07, 6.45) is 0. The SMILES string of the molecule is CN(C)N[SiH2].CN(C)N[SiH2].CN(C)N[SiH]NN(C)C.CN(C)N[SiH]NN(C)C.CN(C)N[Si](NN(C)C)NN(C)C.CN(C)N[Si](NN(C)C)NN(C)C.[Y].[Y].[Y]. The fourth-order valence-corrected chi connectivity index (χ4v) is 6.20. The molecule has 0 heterocycles. The molecule has 0 aromatic rings. The van der Waals surface area contributed by atoms with Gasteiger partial charge in [-0.2, -0.15) is 0 Å². The van der Waals surface area contributed by atoms with Crippen LogP contribution in [0.1, 0.15) is 0 Å². The fraction of sp³-hybridized carbons (Fsp3) is 1.00. The van der Waals surface area contributed by atoms with Crippen LogP contribution in [0.5, 0.6) is 0 Å². The van der Waals surface area contributed by atoms with E-state index in [1.807, 2.05) is 229 Å². The first kappa shape index (κ1) is 80.9. The van der Waals surface area contributed by atoms with E-state index in [1.165, 1.54) is 0 Å². The fourth-order valence-electron chi connectivity index (χ4n) is 2.07. The molecule has 0 fully saturated rings. The van der Waals surface area contributed by atoms with Gasteiger partial charge in [-0.05, 0) is 0 Å². The van der Waals surface area contributed by atoms with E-state index in [9.17, 15) is 0 Å². The maximum absolute atomic E-state index is 3.27. The molecular weight excluding hydrogens is 1060 g/mol. The summed E-state index contributed by atoms with van der Waals surface area (Å²) in [5, 5.41) is 61.1. The van der Waals surface area contributed by atoms with Gasteiger partial charge in [0.1, 0.15) is 20.8 Å². The zero-order valence-electron chi connectivity index (χ0n) is 40.7. The van der Waals surface area contributed by atoms with Gasteiger partial charge < -0.3 is 0 Å². The number of hydrogen-bond donors (Lipinski definition) is 12. The van der Waals surface area contributed by atoms with E-state index in [0.717, 1.165) is 0 Å². The van der Waals surface area contributed by atoms with Crippen molar-refractivity contribution in [3.05, 3.63) is 0 Å². The molecule has 9 radical (unpaired) electrons. The van der Waals surface area contributed by atoms with Crippen LogP contribution in [-0.2, 0) is 98.1 Å². The summed E-state index contributed by atoms with van der Waals surface area (Å²) in [4.78, 5) is 0. The number of nitrogens with zero attached hydrogens (tertiary/aromatic N) is 12. The monoisotopic (exact) mass is 1150 g/mol. The van der Waals surface area contributed by atoms with E-state index in [-0.39, 0.29) is 118 Å². The van der Waals surface area contributed by atoms with Gasteiger partial charge in [-0.3, -0.25) is 90.7 Å². The van der Waals surface area contributed by atoms with Gasteiger partial charge in [0, 0.05) is 267 Å². The molecule has 0 spiro atoms. The average molecular weight is 1150 g/mol. The minimum absolute atomic E-state index is 0. The molecule has 12 N–H and O–H groups in total. The molecule has 0 aromatic carbocycles. The minimum atomic E-state index is -1.02. The van der Waals surface area contributed by atoms with Crippen molar-refractivity contribution in [2.45, 2.75) is 0 Å². The van der Waals surface area contributed by atoms with Gasteiger partial charge in [0.2, 0.25) is 19.7 Å². The predicted molar refractivity (Wildman–Crippen MR) is 245 cm³/mol. The van der Waals surface area contributed by atoms with Crippen LogP contribution in [-0.4, -0.2) is 288 Å². The second-order valence-corrected chi connectivity index (χ2v) is 18.4. The molecule has 0 aliphatic carbocycles. The average Bonchev–Trinajstić information content (AvgIpc) is 2.96. The molecule has 24 nitrogen and oxygen atoms in total. The first-order valence-electron chi connectivity index (χ1n) is 16.8. The number of rotatable bonds is 22. The Kier molecular flexibility index (Phi) is 81.8. The first-order chi connectivity index (χ1) is 24.6. The smallest absolute Gasteiger partial charge is 0.286 e. The molecule has 0 aromatic heterocycles. The van der Waals surface area contributed by atoms with Crippen LogP contribution in [0.3, 0.4) is 0 Å². The van der Waals surface area contributed by atoms with Crippen molar-refractivity contribution in [1.82, 2.24) is 121 Å². The van der Waals surface area contributed by atoms with Gasteiger partial charge in [-0.25, -0.2) is 30.5 Å². The maximum atomic E-state index is 3.27. The Labute approximate surface area is 442 Å². The minimum Gasteiger partial charge on any atom is -0.286 e. The zero-order chi connectivity index (χ0) is 44.0. The van der Waals surface area contributed by atoms with E-state index in [4.69, 9.17) is 0 Å². The zero-order valence-corrected chi connectivity index (χ0v) is 56.3. The molecule has 57 heavy (non-hydrogen) atoms. The number of hydrogen-bond acceptors (Lipinski definition) is 24. The van der Waals surface area contributed by atoms with Gasteiger partial charge in [0.15, 0.2) is 0 Å². The van der Waals surface area contributed by atoms with Crippen LogP contribution in [0.25, 0.3) is 0 Å². The molecule has 33 heteroatoms. The molecule has 0 atom stereocenters. The van der Waals surface area contributed by atoms with Crippen LogP contribution < -0.4 is 61.1 Å². The predicted octanol–water partition coefficient (Wildman–Crippen LogP) is -9.70. The Balaban J connectivity index is -0.0000000708. The second kappa shape index (κ2) is 57.7. The van der Waals surface area contributed by atoms with Gasteiger partial charge in [-0.15, -0.1) is 0 Å². The van der Waals surface area contributed by atoms with E-state index >= 15 is 0 Å². The first-order valence-corrected chi connectivity index (χ1v) is 23.5. The Morgan fingerprint density at radius 3 is 0.456 bits per heavy atom. The van der Waals surface area contributed by atoms with E-state index in [1.54, 1.807) is 20.8 Å². The normalized spacial score (nSPS) is 10.9. The molecule has 0 amide bonds. The summed E-state index contributed by atoms with van der Waals surface area (Å²) in [5.74, 6) is 0. The molecule has 0 saturated heterocycles. The van der Waals surface area contributed by atoms with Crippen LogP contribution in [0, 0.1) is 0 Å². The topological polar surface area (TPSA) is 183 Å². The van der Waals surface area contributed by atoms with Crippen molar-refractivity contribution in [2.75, 3.05) is 169 Å². The molecule has 0 aliphatic rings. The summed E-state index contributed by atoms with van der Waals surface area (Å²) in [7, 11) is 48.9. The standard InChI is InChI=1S/2C6H21N6Si.2C4H15N4Si.2C2H9N2Si.3Y/c2*1-10(2)7-13(8-11(3)4)9-12(5)6;2*1-7(2)5-9-6-8(3)4;2*1-4(2)3-5;;;/h2*7-9H,1-6H3;2*5-6,9H,1-4H3;2*3H,5H2,1-2H3;;;.